The number of fused-ring (bicyclic) bond motifs is 1. The van der Waals surface area contributed by atoms with Gasteiger partial charge in [0.2, 0.25) is 11.8 Å². The number of amides is 2. The molecule has 6 heteroatoms. The molecule has 1 aromatic heterocycles. The van der Waals surface area contributed by atoms with Gasteiger partial charge in [0.05, 0.1) is 12.0 Å². The summed E-state index contributed by atoms with van der Waals surface area (Å²) in [4.78, 5) is 28.8. The second-order valence-electron chi connectivity index (χ2n) is 7.04. The summed E-state index contributed by atoms with van der Waals surface area (Å²) in [6.45, 7) is 1.88. The molecule has 1 aliphatic heterocycles. The summed E-state index contributed by atoms with van der Waals surface area (Å²) >= 11 is 1.49. The van der Waals surface area contributed by atoms with Crippen LogP contribution in [0.15, 0.2) is 66.0 Å². The van der Waals surface area contributed by atoms with E-state index >= 15 is 0 Å². The molecule has 4 rings (SSSR count). The summed E-state index contributed by atoms with van der Waals surface area (Å²) < 4.78 is 14.1. The van der Waals surface area contributed by atoms with Crippen LogP contribution >= 0.6 is 11.3 Å². The topological polar surface area (TPSA) is 49.4 Å². The lowest BCUT2D eigenvalue weighted by molar-refractivity contribution is -0.137. The summed E-state index contributed by atoms with van der Waals surface area (Å²) in [6, 6.07) is 17.2. The molecule has 1 aliphatic rings. The van der Waals surface area contributed by atoms with Crippen molar-refractivity contribution in [2.24, 2.45) is 0 Å². The van der Waals surface area contributed by atoms with E-state index in [0.29, 0.717) is 17.7 Å². The third-order valence-corrected chi connectivity index (χ3v) is 6.14. The zero-order valence-electron chi connectivity index (χ0n) is 16.0. The number of nitrogens with one attached hydrogen (secondary N) is 1. The number of halogens is 1. The van der Waals surface area contributed by atoms with Crippen LogP contribution in [0.2, 0.25) is 0 Å². The first-order valence-electron chi connectivity index (χ1n) is 9.56. The van der Waals surface area contributed by atoms with Gasteiger partial charge in [0.25, 0.3) is 0 Å². The second kappa shape index (κ2) is 8.17. The molecular formula is C23H21FN2O2S. The molecule has 29 heavy (non-hydrogen) atoms. The molecule has 148 valence electrons. The average molecular weight is 408 g/mol. The van der Waals surface area contributed by atoms with Gasteiger partial charge in [-0.2, -0.15) is 0 Å². The minimum absolute atomic E-state index is 0.0823. The Balaban J connectivity index is 1.83. The Morgan fingerprint density at radius 2 is 2.00 bits per heavy atom. The molecule has 3 aromatic rings. The normalized spacial score (nSPS) is 17.2. The van der Waals surface area contributed by atoms with Crippen molar-refractivity contribution < 1.29 is 14.0 Å². The Labute approximate surface area is 173 Å². The quantitative estimate of drug-likeness (QED) is 0.664. The lowest BCUT2D eigenvalue weighted by Gasteiger charge is -2.32. The third-order valence-electron chi connectivity index (χ3n) is 5.21. The van der Waals surface area contributed by atoms with E-state index in [1.165, 1.54) is 23.5 Å². The van der Waals surface area contributed by atoms with Crippen molar-refractivity contribution in [3.63, 3.8) is 0 Å². The van der Waals surface area contributed by atoms with E-state index in [1.54, 1.807) is 11.0 Å². The zero-order valence-corrected chi connectivity index (χ0v) is 16.8. The Morgan fingerprint density at radius 1 is 1.21 bits per heavy atom. The second-order valence-corrected chi connectivity index (χ2v) is 8.01. The van der Waals surface area contributed by atoms with E-state index in [1.807, 2.05) is 54.8 Å². The highest BCUT2D eigenvalue weighted by atomic mass is 32.1. The van der Waals surface area contributed by atoms with E-state index in [-0.39, 0.29) is 24.3 Å². The number of carbonyl (C=O) groups is 2. The Hall–Kier alpha value is -2.99. The maximum absolute atomic E-state index is 14.1. The molecule has 0 saturated heterocycles. The van der Waals surface area contributed by atoms with Crippen LogP contribution in [0.3, 0.4) is 0 Å². The lowest BCUT2D eigenvalue weighted by atomic mass is 9.93. The monoisotopic (exact) mass is 408 g/mol. The summed E-state index contributed by atoms with van der Waals surface area (Å²) in [5.74, 6) is -1.19. The van der Waals surface area contributed by atoms with E-state index in [9.17, 15) is 14.0 Å². The minimum atomic E-state index is -0.523. The summed E-state index contributed by atoms with van der Waals surface area (Å²) in [5, 5.41) is 4.75. The molecule has 2 unspecified atom stereocenters. The highest BCUT2D eigenvalue weighted by Crippen LogP contribution is 2.39. The Bertz CT molecular complexity index is 1020. The fourth-order valence-electron chi connectivity index (χ4n) is 3.87. The number of benzene rings is 2. The summed E-state index contributed by atoms with van der Waals surface area (Å²) in [5.41, 5.74) is 2.04. The van der Waals surface area contributed by atoms with Crippen LogP contribution in [-0.4, -0.2) is 23.3 Å². The Morgan fingerprint density at radius 3 is 2.69 bits per heavy atom. The number of hydrogen-bond acceptors (Lipinski definition) is 3. The molecule has 0 bridgehead atoms. The van der Waals surface area contributed by atoms with Crippen molar-refractivity contribution in [2.75, 3.05) is 11.9 Å². The van der Waals surface area contributed by atoms with Crippen LogP contribution < -0.4 is 5.32 Å². The maximum Gasteiger partial charge on any atom is 0.244 e. The summed E-state index contributed by atoms with van der Waals surface area (Å²) in [6.07, 6.45) is 0.605. The fraction of sp³-hybridized carbons (Fsp3) is 0.217. The molecular weight excluding hydrogens is 387 g/mol. The van der Waals surface area contributed by atoms with Gasteiger partial charge in [-0.05, 0) is 41.6 Å². The molecule has 0 fully saturated rings. The minimum Gasteiger partial charge on any atom is -0.324 e. The zero-order chi connectivity index (χ0) is 20.4. The van der Waals surface area contributed by atoms with Crippen LogP contribution in [0.1, 0.15) is 41.3 Å². The lowest BCUT2D eigenvalue weighted by Crippen LogP contribution is -2.41. The van der Waals surface area contributed by atoms with Crippen LogP contribution in [-0.2, 0) is 9.59 Å². The van der Waals surface area contributed by atoms with Crippen molar-refractivity contribution in [2.45, 2.75) is 25.3 Å². The molecule has 2 aromatic carbocycles. The smallest absolute Gasteiger partial charge is 0.244 e. The molecule has 0 spiro atoms. The number of hydrogen-bond donors (Lipinski definition) is 1. The van der Waals surface area contributed by atoms with E-state index in [2.05, 4.69) is 5.32 Å². The van der Waals surface area contributed by atoms with Gasteiger partial charge in [-0.15, -0.1) is 11.3 Å². The van der Waals surface area contributed by atoms with Gasteiger partial charge in [0, 0.05) is 16.1 Å². The SMILES string of the molecule is CCC(C(=O)N1CC(=O)Nc2ccc(F)cc2C1c1cccs1)c1ccccc1. The van der Waals surface area contributed by atoms with Gasteiger partial charge in [-0.25, -0.2) is 4.39 Å². The van der Waals surface area contributed by atoms with Crippen molar-refractivity contribution in [3.05, 3.63) is 87.9 Å². The molecule has 2 atom stereocenters. The van der Waals surface area contributed by atoms with Crippen molar-refractivity contribution in [3.8, 4) is 0 Å². The molecule has 0 radical (unpaired) electrons. The standard InChI is InChI=1S/C23H21FN2O2S/c1-2-17(15-7-4-3-5-8-15)23(28)26-14-21(27)25-19-11-10-16(24)13-18(19)22(26)20-9-6-12-29-20/h3-13,17,22H,2,14H2,1H3,(H,25,27). The first-order valence-corrected chi connectivity index (χ1v) is 10.4. The first-order chi connectivity index (χ1) is 14.1. The molecule has 4 nitrogen and oxygen atoms in total. The number of nitrogens with zero attached hydrogens (tertiary/aromatic N) is 1. The Kier molecular flexibility index (Phi) is 5.45. The van der Waals surface area contributed by atoms with Crippen molar-refractivity contribution in [1.29, 1.82) is 0 Å². The van der Waals surface area contributed by atoms with E-state index < -0.39 is 11.9 Å². The van der Waals surface area contributed by atoms with Crippen LogP contribution in [0.25, 0.3) is 0 Å². The first kappa shape index (κ1) is 19.3. The van der Waals surface area contributed by atoms with Gasteiger partial charge in [0.15, 0.2) is 0 Å². The van der Waals surface area contributed by atoms with Gasteiger partial charge < -0.3 is 10.2 Å². The largest absolute Gasteiger partial charge is 0.324 e. The number of thiophene rings is 1. The predicted octanol–water partition coefficient (Wildman–Crippen LogP) is 4.95. The van der Waals surface area contributed by atoms with Gasteiger partial charge in [0.1, 0.15) is 12.4 Å². The van der Waals surface area contributed by atoms with E-state index in [0.717, 1.165) is 10.4 Å². The van der Waals surface area contributed by atoms with Gasteiger partial charge in [-0.3, -0.25) is 9.59 Å². The molecule has 1 N–H and O–H groups in total. The van der Waals surface area contributed by atoms with Gasteiger partial charge >= 0.3 is 0 Å². The van der Waals surface area contributed by atoms with E-state index in [4.69, 9.17) is 0 Å². The fourth-order valence-corrected chi connectivity index (χ4v) is 4.73. The van der Waals surface area contributed by atoms with Crippen molar-refractivity contribution >= 4 is 28.8 Å². The number of carbonyl (C=O) groups excluding carboxylic acids is 2. The number of rotatable bonds is 4. The van der Waals surface area contributed by atoms with Gasteiger partial charge in [-0.1, -0.05) is 43.3 Å². The molecule has 2 amide bonds. The van der Waals surface area contributed by atoms with Crippen LogP contribution in [0.5, 0.6) is 0 Å². The molecule has 0 saturated carbocycles. The maximum atomic E-state index is 14.1. The summed E-state index contributed by atoms with van der Waals surface area (Å²) in [7, 11) is 0. The highest BCUT2D eigenvalue weighted by molar-refractivity contribution is 7.10. The van der Waals surface area contributed by atoms with Crippen LogP contribution in [0.4, 0.5) is 10.1 Å². The predicted molar refractivity (Wildman–Crippen MR) is 112 cm³/mol. The average Bonchev–Trinajstić information content (AvgIpc) is 3.20. The number of anilines is 1. The van der Waals surface area contributed by atoms with Crippen molar-refractivity contribution in [1.82, 2.24) is 4.90 Å². The molecule has 2 heterocycles. The third kappa shape index (κ3) is 3.80. The highest BCUT2D eigenvalue weighted by Gasteiger charge is 2.37. The molecule has 0 aliphatic carbocycles. The van der Waals surface area contributed by atoms with Crippen LogP contribution in [0, 0.1) is 5.82 Å².